The fourth-order valence-corrected chi connectivity index (χ4v) is 1.95. The highest BCUT2D eigenvalue weighted by atomic mass is 16.5. The van der Waals surface area contributed by atoms with Gasteiger partial charge in [0.15, 0.2) is 0 Å². The molecule has 1 aromatic carbocycles. The summed E-state index contributed by atoms with van der Waals surface area (Å²) in [5.41, 5.74) is 3.32. The summed E-state index contributed by atoms with van der Waals surface area (Å²) in [5.74, 6) is 0.913. The predicted octanol–water partition coefficient (Wildman–Crippen LogP) is 2.58. The predicted molar refractivity (Wildman–Crippen MR) is 71.6 cm³/mol. The van der Waals surface area contributed by atoms with Crippen LogP contribution in [-0.2, 0) is 6.54 Å². The molecule has 0 saturated heterocycles. The lowest BCUT2D eigenvalue weighted by Gasteiger charge is -2.16. The molecule has 4 heteroatoms. The minimum atomic E-state index is 0.220. The van der Waals surface area contributed by atoms with E-state index in [0.29, 0.717) is 0 Å². The minimum absolute atomic E-state index is 0.220. The van der Waals surface area contributed by atoms with Crippen molar-refractivity contribution in [3.63, 3.8) is 0 Å². The standard InChI is InChI=1S/C14H19N3O/c1-10(12-6-4-5-7-14(12)18-3)15-8-13-11(2)16-9-17-13/h4-7,9-10,15H,8H2,1-3H3,(H,16,17). The van der Waals surface area contributed by atoms with Crippen LogP contribution < -0.4 is 10.1 Å². The Morgan fingerprint density at radius 2 is 2.17 bits per heavy atom. The van der Waals surface area contributed by atoms with E-state index in [0.717, 1.165) is 29.2 Å². The Morgan fingerprint density at radius 1 is 1.39 bits per heavy atom. The fraction of sp³-hybridized carbons (Fsp3) is 0.357. The zero-order valence-electron chi connectivity index (χ0n) is 11.0. The van der Waals surface area contributed by atoms with Crippen LogP contribution in [0.15, 0.2) is 30.6 Å². The van der Waals surface area contributed by atoms with Crippen LogP contribution in [0.5, 0.6) is 5.75 Å². The van der Waals surface area contributed by atoms with Crippen LogP contribution in [0.25, 0.3) is 0 Å². The SMILES string of the molecule is COc1ccccc1C(C)NCc1nc[nH]c1C. The number of benzene rings is 1. The van der Waals surface area contributed by atoms with Crippen molar-refractivity contribution < 1.29 is 4.74 Å². The molecule has 0 aliphatic carbocycles. The van der Waals surface area contributed by atoms with Crippen LogP contribution in [0, 0.1) is 6.92 Å². The summed E-state index contributed by atoms with van der Waals surface area (Å²) in [5, 5.41) is 3.45. The molecule has 4 nitrogen and oxygen atoms in total. The number of aromatic nitrogens is 2. The number of hydrogen-bond donors (Lipinski definition) is 2. The van der Waals surface area contributed by atoms with Gasteiger partial charge in [0.1, 0.15) is 5.75 Å². The number of imidazole rings is 1. The lowest BCUT2D eigenvalue weighted by molar-refractivity contribution is 0.401. The van der Waals surface area contributed by atoms with E-state index in [1.807, 2.05) is 25.1 Å². The minimum Gasteiger partial charge on any atom is -0.496 e. The monoisotopic (exact) mass is 245 g/mol. The third-order valence-electron chi connectivity index (χ3n) is 3.12. The third-order valence-corrected chi connectivity index (χ3v) is 3.12. The Labute approximate surface area is 107 Å². The van der Waals surface area contributed by atoms with Gasteiger partial charge in [-0.15, -0.1) is 0 Å². The number of nitrogens with zero attached hydrogens (tertiary/aromatic N) is 1. The molecule has 18 heavy (non-hydrogen) atoms. The number of nitrogens with one attached hydrogen (secondary N) is 2. The summed E-state index contributed by atoms with van der Waals surface area (Å²) in [7, 11) is 1.70. The lowest BCUT2D eigenvalue weighted by atomic mass is 10.1. The van der Waals surface area contributed by atoms with Gasteiger partial charge >= 0.3 is 0 Å². The summed E-state index contributed by atoms with van der Waals surface area (Å²) < 4.78 is 5.37. The lowest BCUT2D eigenvalue weighted by Crippen LogP contribution is -2.19. The maximum Gasteiger partial charge on any atom is 0.123 e. The average molecular weight is 245 g/mol. The first-order valence-electron chi connectivity index (χ1n) is 6.07. The van der Waals surface area contributed by atoms with Crippen molar-refractivity contribution in [3.05, 3.63) is 47.5 Å². The summed E-state index contributed by atoms with van der Waals surface area (Å²) >= 11 is 0. The molecule has 1 aromatic heterocycles. The van der Waals surface area contributed by atoms with E-state index in [-0.39, 0.29) is 6.04 Å². The molecular formula is C14H19N3O. The van der Waals surface area contributed by atoms with Crippen molar-refractivity contribution in [2.45, 2.75) is 26.4 Å². The second-order valence-electron chi connectivity index (χ2n) is 4.32. The molecule has 0 spiro atoms. The van der Waals surface area contributed by atoms with Gasteiger partial charge in [0.2, 0.25) is 0 Å². The number of methoxy groups -OCH3 is 1. The highest BCUT2D eigenvalue weighted by Gasteiger charge is 2.11. The molecule has 0 aliphatic heterocycles. The Kier molecular flexibility index (Phi) is 3.99. The number of aromatic amines is 1. The van der Waals surface area contributed by atoms with Crippen LogP contribution in [0.3, 0.4) is 0 Å². The van der Waals surface area contributed by atoms with Crippen molar-refractivity contribution in [1.29, 1.82) is 0 Å². The van der Waals surface area contributed by atoms with Gasteiger partial charge in [0.25, 0.3) is 0 Å². The van der Waals surface area contributed by atoms with Gasteiger partial charge in [-0.3, -0.25) is 0 Å². The summed E-state index contributed by atoms with van der Waals surface area (Å²) in [4.78, 5) is 7.35. The van der Waals surface area contributed by atoms with E-state index >= 15 is 0 Å². The molecule has 2 N–H and O–H groups in total. The summed E-state index contributed by atoms with van der Waals surface area (Å²) in [6, 6.07) is 8.28. The van der Waals surface area contributed by atoms with Gasteiger partial charge < -0.3 is 15.0 Å². The van der Waals surface area contributed by atoms with Gasteiger partial charge in [-0.25, -0.2) is 4.98 Å². The fourth-order valence-electron chi connectivity index (χ4n) is 1.95. The molecule has 1 atom stereocenters. The molecule has 96 valence electrons. The average Bonchev–Trinajstić information content (AvgIpc) is 2.81. The molecule has 0 amide bonds. The van der Waals surface area contributed by atoms with Crippen LogP contribution in [0.4, 0.5) is 0 Å². The highest BCUT2D eigenvalue weighted by Crippen LogP contribution is 2.24. The Bertz CT molecular complexity index is 507. The van der Waals surface area contributed by atoms with Crippen molar-refractivity contribution in [3.8, 4) is 5.75 Å². The van der Waals surface area contributed by atoms with Gasteiger partial charge in [-0.2, -0.15) is 0 Å². The van der Waals surface area contributed by atoms with Crippen LogP contribution in [-0.4, -0.2) is 17.1 Å². The Balaban J connectivity index is 2.03. The van der Waals surface area contributed by atoms with E-state index in [2.05, 4.69) is 28.3 Å². The van der Waals surface area contributed by atoms with Crippen LogP contribution >= 0.6 is 0 Å². The number of rotatable bonds is 5. The van der Waals surface area contributed by atoms with Crippen LogP contribution in [0.2, 0.25) is 0 Å². The Morgan fingerprint density at radius 3 is 2.83 bits per heavy atom. The van der Waals surface area contributed by atoms with Gasteiger partial charge in [0.05, 0.1) is 19.1 Å². The zero-order chi connectivity index (χ0) is 13.0. The zero-order valence-corrected chi connectivity index (χ0v) is 11.0. The van der Waals surface area contributed by atoms with E-state index in [1.165, 1.54) is 0 Å². The quantitative estimate of drug-likeness (QED) is 0.851. The second-order valence-corrected chi connectivity index (χ2v) is 4.32. The normalized spacial score (nSPS) is 12.4. The maximum atomic E-state index is 5.37. The van der Waals surface area contributed by atoms with E-state index in [9.17, 15) is 0 Å². The number of hydrogen-bond acceptors (Lipinski definition) is 3. The van der Waals surface area contributed by atoms with E-state index in [1.54, 1.807) is 13.4 Å². The molecule has 1 heterocycles. The molecular weight excluding hydrogens is 226 g/mol. The summed E-state index contributed by atoms with van der Waals surface area (Å²) in [6.45, 7) is 4.90. The van der Waals surface area contributed by atoms with Crippen molar-refractivity contribution in [2.75, 3.05) is 7.11 Å². The molecule has 0 saturated carbocycles. The first-order chi connectivity index (χ1) is 8.72. The number of H-pyrrole nitrogens is 1. The third kappa shape index (κ3) is 2.71. The van der Waals surface area contributed by atoms with Crippen molar-refractivity contribution >= 4 is 0 Å². The molecule has 0 aliphatic rings. The molecule has 0 fully saturated rings. The summed E-state index contributed by atoms with van der Waals surface area (Å²) in [6.07, 6.45) is 1.72. The largest absolute Gasteiger partial charge is 0.496 e. The van der Waals surface area contributed by atoms with Gasteiger partial charge in [0, 0.05) is 23.8 Å². The van der Waals surface area contributed by atoms with Crippen molar-refractivity contribution in [1.82, 2.24) is 15.3 Å². The molecule has 0 radical (unpaired) electrons. The van der Waals surface area contributed by atoms with Gasteiger partial charge in [-0.05, 0) is 19.9 Å². The van der Waals surface area contributed by atoms with E-state index in [4.69, 9.17) is 4.74 Å². The molecule has 1 unspecified atom stereocenters. The first-order valence-corrected chi connectivity index (χ1v) is 6.07. The number of aryl methyl sites for hydroxylation is 1. The second kappa shape index (κ2) is 5.69. The van der Waals surface area contributed by atoms with E-state index < -0.39 is 0 Å². The topological polar surface area (TPSA) is 49.9 Å². The Hall–Kier alpha value is -1.81. The smallest absolute Gasteiger partial charge is 0.123 e. The first kappa shape index (κ1) is 12.6. The molecule has 2 rings (SSSR count). The molecule has 2 aromatic rings. The van der Waals surface area contributed by atoms with Crippen molar-refractivity contribution in [2.24, 2.45) is 0 Å². The van der Waals surface area contributed by atoms with Gasteiger partial charge in [-0.1, -0.05) is 18.2 Å². The number of para-hydroxylation sites is 1. The number of ether oxygens (including phenoxy) is 1. The van der Waals surface area contributed by atoms with Crippen LogP contribution in [0.1, 0.15) is 29.9 Å². The maximum absolute atomic E-state index is 5.37. The molecule has 0 bridgehead atoms. The highest BCUT2D eigenvalue weighted by molar-refractivity contribution is 5.35.